The molecule has 2 aromatic heterocycles. The number of aliphatic hydroxyl groups is 1. The lowest BCUT2D eigenvalue weighted by Crippen LogP contribution is -1.98. The summed E-state index contributed by atoms with van der Waals surface area (Å²) in [6.45, 7) is 1.98. The van der Waals surface area contributed by atoms with Crippen LogP contribution >= 0.6 is 11.3 Å². The van der Waals surface area contributed by atoms with Crippen molar-refractivity contribution >= 4 is 21.4 Å². The second-order valence-corrected chi connectivity index (χ2v) is 5.50. The van der Waals surface area contributed by atoms with Crippen LogP contribution in [-0.4, -0.2) is 10.1 Å². The Morgan fingerprint density at radius 1 is 1.17 bits per heavy atom. The number of thiophene rings is 1. The number of rotatable bonds is 2. The van der Waals surface area contributed by atoms with Crippen molar-refractivity contribution in [3.63, 3.8) is 0 Å². The van der Waals surface area contributed by atoms with Crippen LogP contribution in [0.25, 0.3) is 10.1 Å². The van der Waals surface area contributed by atoms with E-state index in [4.69, 9.17) is 0 Å². The number of aryl methyl sites for hydroxylation is 1. The van der Waals surface area contributed by atoms with Gasteiger partial charge in [0.15, 0.2) is 0 Å². The van der Waals surface area contributed by atoms with E-state index in [0.29, 0.717) is 0 Å². The minimum atomic E-state index is -0.588. The van der Waals surface area contributed by atoms with Gasteiger partial charge in [0.2, 0.25) is 0 Å². The van der Waals surface area contributed by atoms with E-state index in [1.54, 1.807) is 23.7 Å². The molecular weight excluding hydrogens is 242 g/mol. The van der Waals surface area contributed by atoms with Gasteiger partial charge in [-0.3, -0.25) is 4.98 Å². The van der Waals surface area contributed by atoms with E-state index in [-0.39, 0.29) is 0 Å². The first kappa shape index (κ1) is 11.4. The summed E-state index contributed by atoms with van der Waals surface area (Å²) in [7, 11) is 0. The molecule has 1 N–H and O–H groups in total. The molecule has 0 aliphatic rings. The van der Waals surface area contributed by atoms with Gasteiger partial charge in [0, 0.05) is 27.5 Å². The van der Waals surface area contributed by atoms with Gasteiger partial charge in [0.1, 0.15) is 6.10 Å². The Morgan fingerprint density at radius 3 is 2.78 bits per heavy atom. The molecule has 0 saturated heterocycles. The van der Waals surface area contributed by atoms with Gasteiger partial charge < -0.3 is 5.11 Å². The zero-order valence-corrected chi connectivity index (χ0v) is 10.8. The van der Waals surface area contributed by atoms with Crippen molar-refractivity contribution < 1.29 is 5.11 Å². The van der Waals surface area contributed by atoms with Crippen LogP contribution in [0.1, 0.15) is 22.1 Å². The molecular formula is C15H13NOS. The summed E-state index contributed by atoms with van der Waals surface area (Å²) in [4.78, 5) is 5.09. The highest BCUT2D eigenvalue weighted by atomic mass is 32.1. The van der Waals surface area contributed by atoms with Crippen LogP contribution in [0, 0.1) is 6.92 Å². The van der Waals surface area contributed by atoms with Crippen molar-refractivity contribution in [2.24, 2.45) is 0 Å². The normalized spacial score (nSPS) is 12.8. The standard InChI is InChI=1S/C15H13NOS/c1-10-6-12(9-16-8-10)15(17)14-7-11-4-2-3-5-13(11)18-14/h2-9,15,17H,1H3. The quantitative estimate of drug-likeness (QED) is 0.757. The van der Waals surface area contributed by atoms with E-state index in [2.05, 4.69) is 17.1 Å². The lowest BCUT2D eigenvalue weighted by molar-refractivity contribution is 0.223. The zero-order valence-electron chi connectivity index (χ0n) is 10.00. The molecule has 1 aromatic carbocycles. The highest BCUT2D eigenvalue weighted by molar-refractivity contribution is 7.19. The first-order chi connectivity index (χ1) is 8.74. The van der Waals surface area contributed by atoms with E-state index in [0.717, 1.165) is 16.0 Å². The Bertz CT molecular complexity index is 657. The first-order valence-electron chi connectivity index (χ1n) is 5.82. The summed E-state index contributed by atoms with van der Waals surface area (Å²) in [6, 6.07) is 12.2. The number of aromatic nitrogens is 1. The van der Waals surface area contributed by atoms with E-state index in [1.165, 1.54) is 10.1 Å². The predicted molar refractivity (Wildman–Crippen MR) is 74.9 cm³/mol. The van der Waals surface area contributed by atoms with Gasteiger partial charge >= 0.3 is 0 Å². The molecule has 3 heteroatoms. The largest absolute Gasteiger partial charge is 0.383 e. The highest BCUT2D eigenvalue weighted by Gasteiger charge is 2.14. The molecule has 0 amide bonds. The van der Waals surface area contributed by atoms with Gasteiger partial charge in [-0.05, 0) is 30.0 Å². The number of aliphatic hydroxyl groups excluding tert-OH is 1. The summed E-state index contributed by atoms with van der Waals surface area (Å²) in [6.07, 6.45) is 2.93. The molecule has 2 heterocycles. The molecule has 1 unspecified atom stereocenters. The first-order valence-corrected chi connectivity index (χ1v) is 6.64. The Morgan fingerprint density at radius 2 is 2.00 bits per heavy atom. The van der Waals surface area contributed by atoms with Crippen LogP contribution in [-0.2, 0) is 0 Å². The van der Waals surface area contributed by atoms with E-state index < -0.39 is 6.10 Å². The smallest absolute Gasteiger partial charge is 0.115 e. The van der Waals surface area contributed by atoms with Gasteiger partial charge in [-0.2, -0.15) is 0 Å². The molecule has 0 spiro atoms. The van der Waals surface area contributed by atoms with E-state index in [9.17, 15) is 5.11 Å². The number of hydrogen-bond donors (Lipinski definition) is 1. The minimum absolute atomic E-state index is 0.588. The third-order valence-electron chi connectivity index (χ3n) is 2.93. The third kappa shape index (κ3) is 2.03. The monoisotopic (exact) mass is 255 g/mol. The Labute approximate surface area is 110 Å². The molecule has 3 rings (SSSR count). The maximum Gasteiger partial charge on any atom is 0.115 e. The molecule has 0 radical (unpaired) electrons. The molecule has 18 heavy (non-hydrogen) atoms. The fraction of sp³-hybridized carbons (Fsp3) is 0.133. The van der Waals surface area contributed by atoms with Gasteiger partial charge in [0.05, 0.1) is 0 Å². The van der Waals surface area contributed by atoms with Crippen LogP contribution in [0.4, 0.5) is 0 Å². The summed E-state index contributed by atoms with van der Waals surface area (Å²) in [5.41, 5.74) is 1.91. The maximum absolute atomic E-state index is 10.4. The Kier molecular flexibility index (Phi) is 2.86. The van der Waals surface area contributed by atoms with Crippen LogP contribution in [0.3, 0.4) is 0 Å². The van der Waals surface area contributed by atoms with Crippen molar-refractivity contribution in [1.82, 2.24) is 4.98 Å². The second kappa shape index (κ2) is 4.52. The van der Waals surface area contributed by atoms with Crippen LogP contribution in [0.15, 0.2) is 48.8 Å². The lowest BCUT2D eigenvalue weighted by atomic mass is 10.1. The fourth-order valence-electron chi connectivity index (χ4n) is 2.03. The summed E-state index contributed by atoms with van der Waals surface area (Å²) in [5, 5.41) is 11.6. The van der Waals surface area contributed by atoms with Crippen molar-refractivity contribution in [3.05, 3.63) is 64.8 Å². The van der Waals surface area contributed by atoms with Crippen LogP contribution in [0.5, 0.6) is 0 Å². The molecule has 1 atom stereocenters. The molecule has 2 nitrogen and oxygen atoms in total. The average Bonchev–Trinajstić information content (AvgIpc) is 2.81. The SMILES string of the molecule is Cc1cncc(C(O)c2cc3ccccc3s2)c1. The number of fused-ring (bicyclic) bond motifs is 1. The van der Waals surface area contributed by atoms with E-state index in [1.807, 2.05) is 31.2 Å². The van der Waals surface area contributed by atoms with Gasteiger partial charge in [0.25, 0.3) is 0 Å². The Hall–Kier alpha value is -1.71. The molecule has 90 valence electrons. The van der Waals surface area contributed by atoms with Gasteiger partial charge in [-0.15, -0.1) is 11.3 Å². The van der Waals surface area contributed by atoms with Crippen molar-refractivity contribution in [2.45, 2.75) is 13.0 Å². The highest BCUT2D eigenvalue weighted by Crippen LogP contribution is 2.32. The fourth-order valence-corrected chi connectivity index (χ4v) is 3.11. The average molecular weight is 255 g/mol. The van der Waals surface area contributed by atoms with E-state index >= 15 is 0 Å². The Balaban J connectivity index is 2.03. The summed E-state index contributed by atoms with van der Waals surface area (Å²) >= 11 is 1.63. The topological polar surface area (TPSA) is 33.1 Å². The molecule has 0 aliphatic carbocycles. The van der Waals surface area contributed by atoms with Gasteiger partial charge in [-0.25, -0.2) is 0 Å². The molecule has 0 saturated carbocycles. The molecule has 0 bridgehead atoms. The van der Waals surface area contributed by atoms with Crippen LogP contribution in [0.2, 0.25) is 0 Å². The minimum Gasteiger partial charge on any atom is -0.383 e. The lowest BCUT2D eigenvalue weighted by Gasteiger charge is -2.08. The molecule has 3 aromatic rings. The zero-order chi connectivity index (χ0) is 12.5. The van der Waals surface area contributed by atoms with Crippen molar-refractivity contribution in [3.8, 4) is 0 Å². The number of hydrogen-bond acceptors (Lipinski definition) is 3. The van der Waals surface area contributed by atoms with Gasteiger partial charge in [-0.1, -0.05) is 24.3 Å². The number of pyridine rings is 1. The predicted octanol–water partition coefficient (Wildman–Crippen LogP) is 3.69. The maximum atomic E-state index is 10.4. The second-order valence-electron chi connectivity index (χ2n) is 4.38. The summed E-state index contributed by atoms with van der Waals surface area (Å²) < 4.78 is 1.20. The number of nitrogens with zero attached hydrogens (tertiary/aromatic N) is 1. The number of benzene rings is 1. The van der Waals surface area contributed by atoms with Crippen molar-refractivity contribution in [2.75, 3.05) is 0 Å². The third-order valence-corrected chi connectivity index (χ3v) is 4.09. The van der Waals surface area contributed by atoms with Crippen LogP contribution < -0.4 is 0 Å². The summed E-state index contributed by atoms with van der Waals surface area (Å²) in [5.74, 6) is 0. The molecule has 0 fully saturated rings. The van der Waals surface area contributed by atoms with Crippen molar-refractivity contribution in [1.29, 1.82) is 0 Å². The molecule has 0 aliphatic heterocycles.